The van der Waals surface area contributed by atoms with E-state index in [-0.39, 0.29) is 22.8 Å². The zero-order valence-corrected chi connectivity index (χ0v) is 18.6. The molecule has 32 heavy (non-hydrogen) atoms. The van der Waals surface area contributed by atoms with Crippen LogP contribution < -0.4 is 10.9 Å². The van der Waals surface area contributed by atoms with Crippen LogP contribution in [0.5, 0.6) is 0 Å². The third-order valence-corrected chi connectivity index (χ3v) is 6.68. The van der Waals surface area contributed by atoms with Gasteiger partial charge in [0.25, 0.3) is 15.6 Å². The van der Waals surface area contributed by atoms with E-state index in [0.717, 1.165) is 13.0 Å². The van der Waals surface area contributed by atoms with Crippen LogP contribution in [0.4, 0.5) is 5.69 Å². The molecule has 0 spiro atoms. The maximum atomic E-state index is 12.6. The smallest absolute Gasteiger partial charge is 0.283 e. The van der Waals surface area contributed by atoms with Crippen LogP contribution >= 0.6 is 0 Å². The van der Waals surface area contributed by atoms with Gasteiger partial charge in [0, 0.05) is 38.1 Å². The van der Waals surface area contributed by atoms with Crippen LogP contribution in [-0.4, -0.2) is 48.4 Å². The van der Waals surface area contributed by atoms with Gasteiger partial charge in [0.1, 0.15) is 5.84 Å². The lowest BCUT2D eigenvalue weighted by molar-refractivity contribution is -0.115. The van der Waals surface area contributed by atoms with Gasteiger partial charge in [-0.2, -0.15) is 13.5 Å². The molecule has 0 bridgehead atoms. The molecule has 2 heterocycles. The zero-order valence-electron chi connectivity index (χ0n) is 17.8. The van der Waals surface area contributed by atoms with Crippen molar-refractivity contribution in [2.45, 2.75) is 24.2 Å². The van der Waals surface area contributed by atoms with E-state index < -0.39 is 10.0 Å². The topological polar surface area (TPSA) is 114 Å². The number of amides is 1. The summed E-state index contributed by atoms with van der Waals surface area (Å²) in [7, 11) is -0.447. The minimum Gasteiger partial charge on any atom is -0.362 e. The number of nitrogens with one attached hydrogen (secondary N) is 1. The lowest BCUT2D eigenvalue weighted by Gasteiger charge is -2.11. The van der Waals surface area contributed by atoms with Gasteiger partial charge in [0.05, 0.1) is 22.4 Å². The third kappa shape index (κ3) is 4.40. The SMILES string of the molecule is CN1CCC/C1=N\S(=O)(=O)c1ccc(NC(=O)Cc2nn(C)c(=O)c3ccccc23)cc1. The molecular formula is C22H23N5O4S. The molecule has 0 aliphatic carbocycles. The molecule has 1 saturated heterocycles. The number of hydrogen-bond donors (Lipinski definition) is 1. The Morgan fingerprint density at radius 2 is 1.78 bits per heavy atom. The van der Waals surface area contributed by atoms with Crippen molar-refractivity contribution < 1.29 is 13.2 Å². The monoisotopic (exact) mass is 453 g/mol. The van der Waals surface area contributed by atoms with Crippen molar-refractivity contribution in [1.29, 1.82) is 0 Å². The first-order valence-corrected chi connectivity index (χ1v) is 11.6. The molecule has 1 aromatic heterocycles. The summed E-state index contributed by atoms with van der Waals surface area (Å²) >= 11 is 0. The fourth-order valence-corrected chi connectivity index (χ4v) is 4.77. The molecule has 1 aliphatic rings. The van der Waals surface area contributed by atoms with Gasteiger partial charge < -0.3 is 10.2 Å². The molecule has 0 radical (unpaired) electrons. The number of benzene rings is 2. The number of anilines is 1. The second kappa shape index (κ2) is 8.54. The highest BCUT2D eigenvalue weighted by Gasteiger charge is 2.20. The summed E-state index contributed by atoms with van der Waals surface area (Å²) in [6, 6.07) is 12.9. The van der Waals surface area contributed by atoms with E-state index in [4.69, 9.17) is 0 Å². The van der Waals surface area contributed by atoms with E-state index >= 15 is 0 Å². The Morgan fingerprint density at radius 3 is 2.44 bits per heavy atom. The zero-order chi connectivity index (χ0) is 22.9. The van der Waals surface area contributed by atoms with Crippen LogP contribution in [0.1, 0.15) is 18.5 Å². The Kier molecular flexibility index (Phi) is 5.79. The Labute approximate surface area is 185 Å². The van der Waals surface area contributed by atoms with E-state index in [1.54, 1.807) is 31.3 Å². The number of hydrogen-bond acceptors (Lipinski definition) is 5. The lowest BCUT2D eigenvalue weighted by atomic mass is 10.1. The molecule has 0 saturated carbocycles. The number of carbonyl (C=O) groups is 1. The Balaban J connectivity index is 1.50. The van der Waals surface area contributed by atoms with Gasteiger partial charge in [-0.05, 0) is 36.8 Å². The number of aryl methyl sites for hydroxylation is 1. The van der Waals surface area contributed by atoms with Gasteiger partial charge in [0.2, 0.25) is 5.91 Å². The maximum absolute atomic E-state index is 12.6. The first kappa shape index (κ1) is 21.7. The molecule has 9 nitrogen and oxygen atoms in total. The first-order valence-electron chi connectivity index (χ1n) is 10.1. The Hall–Kier alpha value is -3.53. The highest BCUT2D eigenvalue weighted by Crippen LogP contribution is 2.20. The van der Waals surface area contributed by atoms with Crippen molar-refractivity contribution in [3.8, 4) is 0 Å². The second-order valence-corrected chi connectivity index (χ2v) is 9.28. The molecule has 0 atom stereocenters. The molecule has 1 amide bonds. The van der Waals surface area contributed by atoms with Crippen molar-refractivity contribution in [2.75, 3.05) is 18.9 Å². The van der Waals surface area contributed by atoms with Crippen LogP contribution in [0.25, 0.3) is 10.8 Å². The average Bonchev–Trinajstić information content (AvgIpc) is 3.16. The van der Waals surface area contributed by atoms with Crippen molar-refractivity contribution in [3.05, 3.63) is 64.6 Å². The number of nitrogens with zero attached hydrogens (tertiary/aromatic N) is 4. The fourth-order valence-electron chi connectivity index (χ4n) is 3.68. The molecule has 166 valence electrons. The average molecular weight is 454 g/mol. The number of rotatable bonds is 5. The molecule has 1 N–H and O–H groups in total. The van der Waals surface area contributed by atoms with Gasteiger partial charge in [-0.25, -0.2) is 4.68 Å². The molecule has 2 aromatic carbocycles. The predicted molar refractivity (Wildman–Crippen MR) is 122 cm³/mol. The van der Waals surface area contributed by atoms with Crippen LogP contribution in [0, 0.1) is 0 Å². The van der Waals surface area contributed by atoms with Gasteiger partial charge in [-0.1, -0.05) is 18.2 Å². The summed E-state index contributed by atoms with van der Waals surface area (Å²) < 4.78 is 30.3. The van der Waals surface area contributed by atoms with E-state index in [1.807, 2.05) is 11.9 Å². The molecule has 1 aliphatic heterocycles. The molecule has 4 rings (SSSR count). The Bertz CT molecular complexity index is 1380. The quantitative estimate of drug-likeness (QED) is 0.631. The number of aromatic nitrogens is 2. The summed E-state index contributed by atoms with van der Waals surface area (Å²) in [5.41, 5.74) is 0.707. The van der Waals surface area contributed by atoms with E-state index in [9.17, 15) is 18.0 Å². The third-order valence-electron chi connectivity index (χ3n) is 5.36. The van der Waals surface area contributed by atoms with Crippen LogP contribution in [-0.2, 0) is 28.3 Å². The predicted octanol–water partition coefficient (Wildman–Crippen LogP) is 1.93. The normalized spacial score (nSPS) is 15.4. The molecule has 1 fully saturated rings. The van der Waals surface area contributed by atoms with Gasteiger partial charge in [0.15, 0.2) is 0 Å². The van der Waals surface area contributed by atoms with Gasteiger partial charge >= 0.3 is 0 Å². The van der Waals surface area contributed by atoms with Crippen molar-refractivity contribution in [1.82, 2.24) is 14.7 Å². The Morgan fingerprint density at radius 1 is 1.09 bits per heavy atom. The number of sulfonamides is 1. The highest BCUT2D eigenvalue weighted by molar-refractivity contribution is 7.90. The number of likely N-dealkylation sites (tertiary alicyclic amines) is 1. The van der Waals surface area contributed by atoms with Crippen molar-refractivity contribution in [3.63, 3.8) is 0 Å². The molecule has 10 heteroatoms. The molecular weight excluding hydrogens is 430 g/mol. The van der Waals surface area contributed by atoms with E-state index in [1.165, 1.54) is 28.9 Å². The summed E-state index contributed by atoms with van der Waals surface area (Å²) in [4.78, 5) is 26.7. The minimum absolute atomic E-state index is 0.0331. The largest absolute Gasteiger partial charge is 0.362 e. The second-order valence-electron chi connectivity index (χ2n) is 7.68. The van der Waals surface area contributed by atoms with Gasteiger partial charge in [-0.3, -0.25) is 9.59 Å². The summed E-state index contributed by atoms with van der Waals surface area (Å²) in [5, 5.41) is 8.10. The maximum Gasteiger partial charge on any atom is 0.283 e. The summed E-state index contributed by atoms with van der Waals surface area (Å²) in [5.74, 6) is 0.226. The van der Waals surface area contributed by atoms with E-state index in [2.05, 4.69) is 14.8 Å². The number of fused-ring (bicyclic) bond motifs is 1. The van der Waals surface area contributed by atoms with Gasteiger partial charge in [-0.15, -0.1) is 4.40 Å². The summed E-state index contributed by atoms with van der Waals surface area (Å²) in [6.45, 7) is 0.791. The standard InChI is InChI=1S/C22H23N5O4S/c1-26-13-5-8-20(26)25-32(30,31)16-11-9-15(10-12-16)23-21(28)14-19-17-6-3-4-7-18(17)22(29)27(2)24-19/h3-4,6-7,9-12H,5,8,13-14H2,1-2H3,(H,23,28)/b25-20+. The fraction of sp³-hybridized carbons (Fsp3) is 0.273. The number of amidine groups is 1. The van der Waals surface area contributed by atoms with Crippen molar-refractivity contribution >= 4 is 38.2 Å². The molecule has 0 unspecified atom stereocenters. The van der Waals surface area contributed by atoms with Crippen LogP contribution in [0.2, 0.25) is 0 Å². The minimum atomic E-state index is -3.81. The lowest BCUT2D eigenvalue weighted by Crippen LogP contribution is -2.24. The van der Waals surface area contributed by atoms with Crippen molar-refractivity contribution in [2.24, 2.45) is 11.4 Å². The summed E-state index contributed by atoms with van der Waals surface area (Å²) in [6.07, 6.45) is 1.49. The number of carbonyl (C=O) groups excluding carboxylic acids is 1. The van der Waals surface area contributed by atoms with Crippen LogP contribution in [0.3, 0.4) is 0 Å². The first-order chi connectivity index (χ1) is 15.2. The molecule has 3 aromatic rings. The van der Waals surface area contributed by atoms with Crippen LogP contribution in [0.15, 0.2) is 62.6 Å². The van der Waals surface area contributed by atoms with E-state index in [0.29, 0.717) is 34.4 Å². The highest BCUT2D eigenvalue weighted by atomic mass is 32.2.